The molecule has 3 aromatic rings. The number of halogens is 1. The van der Waals surface area contributed by atoms with Crippen LogP contribution in [-0.2, 0) is 4.79 Å². The van der Waals surface area contributed by atoms with Gasteiger partial charge < -0.3 is 19.5 Å². The summed E-state index contributed by atoms with van der Waals surface area (Å²) in [7, 11) is 2.09. The van der Waals surface area contributed by atoms with Gasteiger partial charge in [-0.1, -0.05) is 23.7 Å². The average Bonchev–Trinajstić information content (AvgIpc) is 3.33. The Labute approximate surface area is 197 Å². The summed E-state index contributed by atoms with van der Waals surface area (Å²) in [6.07, 6.45) is 2.70. The maximum atomic E-state index is 12.9. The van der Waals surface area contributed by atoms with Crippen LogP contribution in [0.2, 0.25) is 5.02 Å². The number of amides is 2. The summed E-state index contributed by atoms with van der Waals surface area (Å²) in [6, 6.07) is 16.5. The number of rotatable bonds is 3. The van der Waals surface area contributed by atoms with Gasteiger partial charge in [-0.15, -0.1) is 0 Å². The number of fused-ring (bicyclic) bond motifs is 1. The van der Waals surface area contributed by atoms with E-state index >= 15 is 0 Å². The lowest BCUT2D eigenvalue weighted by molar-refractivity contribution is -0.110. The van der Waals surface area contributed by atoms with Crippen LogP contribution in [0.4, 0.5) is 5.69 Å². The van der Waals surface area contributed by atoms with Crippen LogP contribution in [0.5, 0.6) is 0 Å². The van der Waals surface area contributed by atoms with E-state index in [4.69, 9.17) is 16.0 Å². The van der Waals surface area contributed by atoms with Crippen LogP contribution in [0.1, 0.15) is 28.1 Å². The van der Waals surface area contributed by atoms with Crippen LogP contribution < -0.4 is 5.32 Å². The third kappa shape index (κ3) is 4.45. The molecule has 0 bridgehead atoms. The fourth-order valence-electron chi connectivity index (χ4n) is 4.24. The first-order chi connectivity index (χ1) is 16.0. The lowest BCUT2D eigenvalue weighted by atomic mass is 10.1. The average molecular weight is 462 g/mol. The zero-order valence-corrected chi connectivity index (χ0v) is 19.1. The number of carbonyl (C=O) groups is 2. The molecule has 168 valence electrons. The number of hydrogen-bond acceptors (Lipinski definition) is 4. The second-order valence-corrected chi connectivity index (χ2v) is 8.87. The number of nitrogens with zero attached hydrogens (tertiary/aromatic N) is 2. The van der Waals surface area contributed by atoms with Crippen LogP contribution in [0.3, 0.4) is 0 Å². The van der Waals surface area contributed by atoms with Crippen LogP contribution in [-0.4, -0.2) is 54.8 Å². The molecule has 1 fully saturated rings. The SMILES string of the molecule is CN1CCCN(C(=O)c2ccc(-c3ccc(C=C4C(=O)Nc5ccc(Cl)cc54)o3)cc2)CC1. The van der Waals surface area contributed by atoms with Crippen molar-refractivity contribution in [3.05, 3.63) is 76.5 Å². The smallest absolute Gasteiger partial charge is 0.256 e. The van der Waals surface area contributed by atoms with Gasteiger partial charge in [0.05, 0.1) is 5.57 Å². The van der Waals surface area contributed by atoms with Crippen molar-refractivity contribution >= 4 is 40.8 Å². The van der Waals surface area contributed by atoms with Crippen molar-refractivity contribution in [1.82, 2.24) is 9.80 Å². The molecule has 0 atom stereocenters. The number of benzene rings is 2. The van der Waals surface area contributed by atoms with Gasteiger partial charge in [0.1, 0.15) is 11.5 Å². The molecule has 3 heterocycles. The van der Waals surface area contributed by atoms with E-state index in [0.717, 1.165) is 49.4 Å². The van der Waals surface area contributed by atoms with Crippen molar-refractivity contribution in [3.63, 3.8) is 0 Å². The highest BCUT2D eigenvalue weighted by Gasteiger charge is 2.25. The molecule has 0 saturated carbocycles. The van der Waals surface area contributed by atoms with E-state index < -0.39 is 0 Å². The number of furan rings is 1. The van der Waals surface area contributed by atoms with Crippen molar-refractivity contribution in [2.45, 2.75) is 6.42 Å². The van der Waals surface area contributed by atoms with Gasteiger partial charge in [-0.2, -0.15) is 0 Å². The van der Waals surface area contributed by atoms with E-state index in [9.17, 15) is 9.59 Å². The van der Waals surface area contributed by atoms with Crippen LogP contribution in [0.15, 0.2) is 59.0 Å². The quantitative estimate of drug-likeness (QED) is 0.565. The summed E-state index contributed by atoms with van der Waals surface area (Å²) >= 11 is 6.10. The van der Waals surface area contributed by atoms with Crippen molar-refractivity contribution in [2.24, 2.45) is 0 Å². The molecule has 0 spiro atoms. The fourth-order valence-corrected chi connectivity index (χ4v) is 4.41. The zero-order valence-electron chi connectivity index (χ0n) is 18.3. The molecule has 2 aliphatic rings. The molecule has 1 N–H and O–H groups in total. The molecular formula is C26H24ClN3O3. The number of carbonyl (C=O) groups excluding carboxylic acids is 2. The summed E-state index contributed by atoms with van der Waals surface area (Å²) in [6.45, 7) is 3.43. The number of anilines is 1. The largest absolute Gasteiger partial charge is 0.457 e. The predicted molar refractivity (Wildman–Crippen MR) is 130 cm³/mol. The lowest BCUT2D eigenvalue weighted by Gasteiger charge is -2.20. The second kappa shape index (κ2) is 8.89. The summed E-state index contributed by atoms with van der Waals surface area (Å²) in [5.41, 5.74) is 3.55. The molecule has 33 heavy (non-hydrogen) atoms. The molecule has 0 unspecified atom stereocenters. The van der Waals surface area contributed by atoms with Crippen LogP contribution in [0, 0.1) is 0 Å². The Morgan fingerprint density at radius 1 is 1.03 bits per heavy atom. The minimum Gasteiger partial charge on any atom is -0.457 e. The fraction of sp³-hybridized carbons (Fsp3) is 0.231. The van der Waals surface area contributed by atoms with E-state index in [1.165, 1.54) is 0 Å². The Hall–Kier alpha value is -3.35. The second-order valence-electron chi connectivity index (χ2n) is 8.43. The Morgan fingerprint density at radius 2 is 1.85 bits per heavy atom. The minimum absolute atomic E-state index is 0.0614. The van der Waals surface area contributed by atoms with Gasteiger partial charge in [0.15, 0.2) is 0 Å². The molecule has 0 aliphatic carbocycles. The number of nitrogens with one attached hydrogen (secondary N) is 1. The Morgan fingerprint density at radius 3 is 2.67 bits per heavy atom. The van der Waals surface area contributed by atoms with E-state index in [2.05, 4.69) is 17.3 Å². The summed E-state index contributed by atoms with van der Waals surface area (Å²) in [4.78, 5) is 29.5. The standard InChI is InChI=1S/C26H24ClN3O3/c1-29-11-2-12-30(14-13-29)26(32)18-5-3-17(4-6-18)24-10-8-20(33-24)16-22-21-15-19(27)7-9-23(21)28-25(22)31/h3-10,15-16H,2,11-14H2,1H3,(H,28,31). The van der Waals surface area contributed by atoms with Crippen molar-refractivity contribution in [1.29, 1.82) is 0 Å². The number of likely N-dealkylation sites (N-methyl/N-ethyl adjacent to an activating group) is 1. The van der Waals surface area contributed by atoms with Gasteiger partial charge >= 0.3 is 0 Å². The van der Waals surface area contributed by atoms with Gasteiger partial charge in [-0.25, -0.2) is 0 Å². The Bertz CT molecular complexity index is 1250. The molecule has 2 aliphatic heterocycles. The van der Waals surface area contributed by atoms with Crippen LogP contribution >= 0.6 is 11.6 Å². The van der Waals surface area contributed by atoms with Crippen molar-refractivity contribution in [3.8, 4) is 11.3 Å². The highest BCUT2D eigenvalue weighted by Crippen LogP contribution is 2.35. The molecule has 1 aromatic heterocycles. The van der Waals surface area contributed by atoms with Gasteiger partial charge in [-0.05, 0) is 68.6 Å². The predicted octanol–water partition coefficient (Wildman–Crippen LogP) is 4.87. The molecular weight excluding hydrogens is 438 g/mol. The summed E-state index contributed by atoms with van der Waals surface area (Å²) < 4.78 is 5.98. The third-order valence-corrected chi connectivity index (χ3v) is 6.34. The van der Waals surface area contributed by atoms with E-state index in [-0.39, 0.29) is 11.8 Å². The van der Waals surface area contributed by atoms with E-state index in [1.54, 1.807) is 24.3 Å². The molecule has 7 heteroatoms. The summed E-state index contributed by atoms with van der Waals surface area (Å²) in [5, 5.41) is 3.41. The molecule has 1 saturated heterocycles. The van der Waals surface area contributed by atoms with Gasteiger partial charge in [0.2, 0.25) is 0 Å². The maximum Gasteiger partial charge on any atom is 0.256 e. The third-order valence-electron chi connectivity index (χ3n) is 6.10. The maximum absolute atomic E-state index is 12.9. The first-order valence-electron chi connectivity index (χ1n) is 11.0. The Kier molecular flexibility index (Phi) is 5.79. The Balaban J connectivity index is 1.34. The van der Waals surface area contributed by atoms with E-state index in [0.29, 0.717) is 27.7 Å². The highest BCUT2D eigenvalue weighted by atomic mass is 35.5. The monoisotopic (exact) mass is 461 g/mol. The molecule has 0 radical (unpaired) electrons. The lowest BCUT2D eigenvalue weighted by Crippen LogP contribution is -2.34. The normalized spacial score (nSPS) is 17.7. The zero-order chi connectivity index (χ0) is 22.9. The topological polar surface area (TPSA) is 65.8 Å². The van der Waals surface area contributed by atoms with Gasteiger partial charge in [0, 0.05) is 47.0 Å². The minimum atomic E-state index is -0.187. The van der Waals surface area contributed by atoms with Crippen LogP contribution in [0.25, 0.3) is 23.0 Å². The van der Waals surface area contributed by atoms with Crippen molar-refractivity contribution < 1.29 is 14.0 Å². The number of hydrogen-bond donors (Lipinski definition) is 1. The first kappa shape index (κ1) is 21.5. The highest BCUT2D eigenvalue weighted by molar-refractivity contribution is 6.36. The first-order valence-corrected chi connectivity index (χ1v) is 11.4. The molecule has 5 rings (SSSR count). The van der Waals surface area contributed by atoms with Gasteiger partial charge in [0.25, 0.3) is 11.8 Å². The molecule has 2 amide bonds. The summed E-state index contributed by atoms with van der Waals surface area (Å²) in [5.74, 6) is 1.11. The molecule has 2 aromatic carbocycles. The van der Waals surface area contributed by atoms with Gasteiger partial charge in [-0.3, -0.25) is 9.59 Å². The van der Waals surface area contributed by atoms with Crippen molar-refractivity contribution in [2.75, 3.05) is 38.5 Å². The van der Waals surface area contributed by atoms with E-state index in [1.807, 2.05) is 41.3 Å². The molecule has 6 nitrogen and oxygen atoms in total.